The highest BCUT2D eigenvalue weighted by atomic mass is 16.5. The molecule has 0 aliphatic rings. The molecule has 3 N–H and O–H groups in total. The molecule has 0 aliphatic carbocycles. The Bertz CT molecular complexity index is 690. The van der Waals surface area contributed by atoms with Crippen LogP contribution in [0.3, 0.4) is 0 Å². The highest BCUT2D eigenvalue weighted by Gasteiger charge is 2.15. The maximum Gasteiger partial charge on any atom is 0.336 e. The monoisotopic (exact) mass is 302 g/mol. The van der Waals surface area contributed by atoms with Gasteiger partial charge in [0.15, 0.2) is 0 Å². The Morgan fingerprint density at radius 2 is 1.64 bits per heavy atom. The number of aliphatic hydroxyl groups excluding tert-OH is 1. The molecule has 0 saturated carbocycles. The third-order valence-corrected chi connectivity index (χ3v) is 3.02. The van der Waals surface area contributed by atoms with E-state index in [0.29, 0.717) is 16.9 Å². The Morgan fingerprint density at radius 1 is 0.955 bits per heavy atom. The van der Waals surface area contributed by atoms with Crippen molar-refractivity contribution in [3.05, 3.63) is 53.6 Å². The van der Waals surface area contributed by atoms with Crippen molar-refractivity contribution in [1.29, 1.82) is 0 Å². The van der Waals surface area contributed by atoms with Crippen molar-refractivity contribution in [1.82, 2.24) is 0 Å². The lowest BCUT2D eigenvalue weighted by atomic mass is 9.97. The molecule has 22 heavy (non-hydrogen) atoms. The van der Waals surface area contributed by atoms with Gasteiger partial charge in [0.1, 0.15) is 12.4 Å². The van der Waals surface area contributed by atoms with Crippen molar-refractivity contribution in [3.63, 3.8) is 0 Å². The fourth-order valence-electron chi connectivity index (χ4n) is 2.00. The number of carboxylic acids is 2. The second kappa shape index (κ2) is 6.73. The predicted molar refractivity (Wildman–Crippen MR) is 78.4 cm³/mol. The molecule has 0 aromatic heterocycles. The summed E-state index contributed by atoms with van der Waals surface area (Å²) in [5, 5.41) is 26.9. The van der Waals surface area contributed by atoms with Gasteiger partial charge in [-0.15, -0.1) is 0 Å². The number of ether oxygens (including phenoxy) is 1. The quantitative estimate of drug-likeness (QED) is 0.755. The van der Waals surface area contributed by atoms with Crippen molar-refractivity contribution in [3.8, 4) is 16.9 Å². The summed E-state index contributed by atoms with van der Waals surface area (Å²) in [4.78, 5) is 22.3. The zero-order valence-corrected chi connectivity index (χ0v) is 11.5. The zero-order chi connectivity index (χ0) is 16.1. The van der Waals surface area contributed by atoms with E-state index < -0.39 is 11.9 Å². The molecule has 2 rings (SSSR count). The highest BCUT2D eigenvalue weighted by molar-refractivity contribution is 5.99. The number of carboxylic acid groups (broad SMARTS) is 2. The lowest BCUT2D eigenvalue weighted by molar-refractivity contribution is 0.0696. The molecule has 0 amide bonds. The molecule has 0 bridgehead atoms. The van der Waals surface area contributed by atoms with E-state index in [-0.39, 0.29) is 24.3 Å². The van der Waals surface area contributed by atoms with Crippen molar-refractivity contribution in [2.24, 2.45) is 0 Å². The van der Waals surface area contributed by atoms with E-state index in [1.54, 1.807) is 24.3 Å². The molecule has 0 atom stereocenters. The summed E-state index contributed by atoms with van der Waals surface area (Å²) in [6, 6.07) is 10.6. The van der Waals surface area contributed by atoms with Gasteiger partial charge in [-0.25, -0.2) is 9.59 Å². The van der Waals surface area contributed by atoms with Gasteiger partial charge in [0.2, 0.25) is 0 Å². The van der Waals surface area contributed by atoms with Gasteiger partial charge in [-0.2, -0.15) is 0 Å². The molecular weight excluding hydrogens is 288 g/mol. The maximum absolute atomic E-state index is 11.3. The standard InChI is InChI=1S/C16H14O6/c17-7-8-22-12-4-1-10(2-5-12)13-6-3-11(15(18)19)9-14(13)16(20)21/h1-6,9,17H,7-8H2,(H,18,19)(H,20,21). The first-order chi connectivity index (χ1) is 10.5. The van der Waals surface area contributed by atoms with Crippen LogP contribution >= 0.6 is 0 Å². The molecule has 0 spiro atoms. The van der Waals surface area contributed by atoms with Gasteiger partial charge in [-0.3, -0.25) is 0 Å². The molecular formula is C16H14O6. The number of benzene rings is 2. The van der Waals surface area contributed by atoms with Gasteiger partial charge in [0.25, 0.3) is 0 Å². The topological polar surface area (TPSA) is 104 Å². The van der Waals surface area contributed by atoms with Gasteiger partial charge in [0, 0.05) is 0 Å². The van der Waals surface area contributed by atoms with Crippen molar-refractivity contribution < 1.29 is 29.6 Å². The molecule has 0 unspecified atom stereocenters. The summed E-state index contributed by atoms with van der Waals surface area (Å²) in [6.07, 6.45) is 0. The number of aromatic carboxylic acids is 2. The minimum Gasteiger partial charge on any atom is -0.491 e. The molecule has 0 fully saturated rings. The lowest BCUT2D eigenvalue weighted by Gasteiger charge is -2.09. The lowest BCUT2D eigenvalue weighted by Crippen LogP contribution is -2.04. The summed E-state index contributed by atoms with van der Waals surface area (Å²) >= 11 is 0. The average Bonchev–Trinajstić information content (AvgIpc) is 2.52. The number of hydrogen-bond donors (Lipinski definition) is 3. The molecule has 0 heterocycles. The van der Waals surface area contributed by atoms with Crippen LogP contribution in [0.5, 0.6) is 5.75 Å². The Hall–Kier alpha value is -2.86. The van der Waals surface area contributed by atoms with Crippen molar-refractivity contribution >= 4 is 11.9 Å². The number of carbonyl (C=O) groups is 2. The SMILES string of the molecule is O=C(O)c1ccc(-c2ccc(OCCO)cc2)c(C(=O)O)c1. The summed E-state index contributed by atoms with van der Waals surface area (Å²) in [5.74, 6) is -1.82. The molecule has 114 valence electrons. The molecule has 0 radical (unpaired) electrons. The van der Waals surface area contributed by atoms with Crippen molar-refractivity contribution in [2.45, 2.75) is 0 Å². The van der Waals surface area contributed by atoms with E-state index >= 15 is 0 Å². The smallest absolute Gasteiger partial charge is 0.336 e. The van der Waals surface area contributed by atoms with Gasteiger partial charge in [-0.1, -0.05) is 18.2 Å². The first kappa shape index (κ1) is 15.5. The van der Waals surface area contributed by atoms with Gasteiger partial charge in [-0.05, 0) is 35.4 Å². The second-order valence-corrected chi connectivity index (χ2v) is 4.47. The molecule has 0 saturated heterocycles. The highest BCUT2D eigenvalue weighted by Crippen LogP contribution is 2.27. The van der Waals surface area contributed by atoms with E-state index in [9.17, 15) is 14.7 Å². The van der Waals surface area contributed by atoms with Crippen LogP contribution in [0.2, 0.25) is 0 Å². The molecule has 2 aromatic rings. The summed E-state index contributed by atoms with van der Waals surface area (Å²) < 4.78 is 5.23. The van der Waals surface area contributed by atoms with Crippen LogP contribution in [-0.2, 0) is 0 Å². The number of aliphatic hydroxyl groups is 1. The Morgan fingerprint density at radius 3 is 2.18 bits per heavy atom. The Labute approximate surface area is 126 Å². The summed E-state index contributed by atoms with van der Waals surface area (Å²) in [7, 11) is 0. The Kier molecular flexibility index (Phi) is 4.75. The van der Waals surface area contributed by atoms with Gasteiger partial charge in [0.05, 0.1) is 17.7 Å². The molecule has 6 nitrogen and oxygen atoms in total. The normalized spacial score (nSPS) is 10.2. The number of hydrogen-bond acceptors (Lipinski definition) is 4. The largest absolute Gasteiger partial charge is 0.491 e. The maximum atomic E-state index is 11.3. The fourth-order valence-corrected chi connectivity index (χ4v) is 2.00. The predicted octanol–water partition coefficient (Wildman–Crippen LogP) is 2.12. The molecule has 2 aromatic carbocycles. The van der Waals surface area contributed by atoms with E-state index in [1.165, 1.54) is 12.1 Å². The van der Waals surface area contributed by atoms with E-state index in [0.717, 1.165) is 6.07 Å². The first-order valence-corrected chi connectivity index (χ1v) is 6.47. The van der Waals surface area contributed by atoms with Crippen LogP contribution in [0.1, 0.15) is 20.7 Å². The summed E-state index contributed by atoms with van der Waals surface area (Å²) in [6.45, 7) is 0.0780. The second-order valence-electron chi connectivity index (χ2n) is 4.47. The summed E-state index contributed by atoms with van der Waals surface area (Å²) in [5.41, 5.74) is 0.893. The van der Waals surface area contributed by atoms with Crippen LogP contribution in [0, 0.1) is 0 Å². The van der Waals surface area contributed by atoms with Gasteiger partial charge >= 0.3 is 11.9 Å². The van der Waals surface area contributed by atoms with Crippen LogP contribution in [-0.4, -0.2) is 40.5 Å². The van der Waals surface area contributed by atoms with E-state index in [1.807, 2.05) is 0 Å². The minimum absolute atomic E-state index is 0.0796. The minimum atomic E-state index is -1.20. The fraction of sp³-hybridized carbons (Fsp3) is 0.125. The third kappa shape index (κ3) is 3.42. The molecule has 6 heteroatoms. The van der Waals surface area contributed by atoms with E-state index in [2.05, 4.69) is 0 Å². The third-order valence-electron chi connectivity index (χ3n) is 3.02. The van der Waals surface area contributed by atoms with Crippen LogP contribution in [0.25, 0.3) is 11.1 Å². The zero-order valence-electron chi connectivity index (χ0n) is 11.5. The van der Waals surface area contributed by atoms with Crippen LogP contribution in [0.15, 0.2) is 42.5 Å². The molecule has 0 aliphatic heterocycles. The Balaban J connectivity index is 2.39. The first-order valence-electron chi connectivity index (χ1n) is 6.47. The van der Waals surface area contributed by atoms with Crippen LogP contribution in [0.4, 0.5) is 0 Å². The average molecular weight is 302 g/mol. The van der Waals surface area contributed by atoms with Crippen molar-refractivity contribution in [2.75, 3.05) is 13.2 Å². The van der Waals surface area contributed by atoms with E-state index in [4.69, 9.17) is 14.9 Å². The van der Waals surface area contributed by atoms with Gasteiger partial charge < -0.3 is 20.1 Å². The number of rotatable bonds is 6. The van der Waals surface area contributed by atoms with Crippen LogP contribution < -0.4 is 4.74 Å².